The molecule has 0 amide bonds. The molecule has 108 valence electrons. The summed E-state index contributed by atoms with van der Waals surface area (Å²) in [6.45, 7) is 6.76. The van der Waals surface area contributed by atoms with Gasteiger partial charge in [-0.05, 0) is 36.9 Å². The van der Waals surface area contributed by atoms with Crippen LogP contribution in [0.4, 0.5) is 5.69 Å². The molecule has 5 nitrogen and oxygen atoms in total. The number of Topliss-reactive ketones (excluding diaryl/α,β-unsaturated/α-hetero) is 1. The maximum absolute atomic E-state index is 12.2. The molecule has 0 aromatic heterocycles. The van der Waals surface area contributed by atoms with Gasteiger partial charge in [0, 0.05) is 24.2 Å². The van der Waals surface area contributed by atoms with Crippen LogP contribution in [0.3, 0.4) is 0 Å². The summed E-state index contributed by atoms with van der Waals surface area (Å²) in [5, 5.41) is 10.6. The average Bonchev–Trinajstić information content (AvgIpc) is 2.43. The van der Waals surface area contributed by atoms with Crippen LogP contribution in [0.25, 0.3) is 0 Å². The van der Waals surface area contributed by atoms with Gasteiger partial charge in [-0.1, -0.05) is 13.8 Å². The lowest BCUT2D eigenvalue weighted by Gasteiger charge is -2.34. The zero-order chi connectivity index (χ0) is 14.7. The predicted molar refractivity (Wildman–Crippen MR) is 76.8 cm³/mol. The molecule has 2 unspecified atom stereocenters. The zero-order valence-electron chi connectivity index (χ0n) is 11.9. The Labute approximate surface area is 118 Å². The van der Waals surface area contributed by atoms with E-state index in [0.717, 1.165) is 19.5 Å². The van der Waals surface area contributed by atoms with E-state index in [2.05, 4.69) is 18.7 Å². The lowest BCUT2D eigenvalue weighted by Crippen LogP contribution is -2.41. The first-order valence-corrected chi connectivity index (χ1v) is 6.97. The van der Waals surface area contributed by atoms with E-state index in [0.29, 0.717) is 23.9 Å². The second-order valence-electron chi connectivity index (χ2n) is 5.71. The summed E-state index contributed by atoms with van der Waals surface area (Å²) in [6.07, 6.45) is 1.12. The van der Waals surface area contributed by atoms with Gasteiger partial charge in [-0.2, -0.15) is 0 Å². The summed E-state index contributed by atoms with van der Waals surface area (Å²) in [5.74, 6) is 1.34. The van der Waals surface area contributed by atoms with Crippen molar-refractivity contribution in [3.63, 3.8) is 0 Å². The first kappa shape index (κ1) is 14.7. The van der Waals surface area contributed by atoms with E-state index in [1.807, 2.05) is 0 Å². The average molecular weight is 276 g/mol. The Morgan fingerprint density at radius 3 is 2.50 bits per heavy atom. The number of nitrogens with zero attached hydrogens (tertiary/aromatic N) is 2. The van der Waals surface area contributed by atoms with E-state index in [-0.39, 0.29) is 11.5 Å². The van der Waals surface area contributed by atoms with Crippen LogP contribution in [0.1, 0.15) is 30.6 Å². The lowest BCUT2D eigenvalue weighted by atomic mass is 9.88. The molecule has 1 aliphatic heterocycles. The van der Waals surface area contributed by atoms with Gasteiger partial charge in [-0.3, -0.25) is 19.8 Å². The third-order valence-corrected chi connectivity index (χ3v) is 4.19. The molecule has 0 aliphatic carbocycles. The van der Waals surface area contributed by atoms with Gasteiger partial charge in [-0.25, -0.2) is 0 Å². The summed E-state index contributed by atoms with van der Waals surface area (Å²) in [4.78, 5) is 24.5. The fraction of sp³-hybridized carbons (Fsp3) is 0.533. The molecule has 1 fully saturated rings. The van der Waals surface area contributed by atoms with Crippen LogP contribution in [0.2, 0.25) is 0 Å². The maximum Gasteiger partial charge on any atom is 0.269 e. The number of hydrogen-bond acceptors (Lipinski definition) is 4. The Kier molecular flexibility index (Phi) is 4.49. The van der Waals surface area contributed by atoms with Crippen LogP contribution < -0.4 is 0 Å². The molecule has 0 spiro atoms. The third-order valence-electron chi connectivity index (χ3n) is 4.19. The number of ketones is 1. The van der Waals surface area contributed by atoms with Crippen molar-refractivity contribution in [2.75, 3.05) is 19.6 Å². The number of piperidine rings is 1. The molecule has 2 atom stereocenters. The van der Waals surface area contributed by atoms with Gasteiger partial charge in [0.2, 0.25) is 0 Å². The number of rotatable bonds is 4. The van der Waals surface area contributed by atoms with Crippen molar-refractivity contribution in [3.8, 4) is 0 Å². The number of hydrogen-bond donors (Lipinski definition) is 0. The first-order chi connectivity index (χ1) is 9.47. The second-order valence-corrected chi connectivity index (χ2v) is 5.71. The van der Waals surface area contributed by atoms with Crippen molar-refractivity contribution in [3.05, 3.63) is 39.9 Å². The Morgan fingerprint density at radius 1 is 1.30 bits per heavy atom. The summed E-state index contributed by atoms with van der Waals surface area (Å²) in [7, 11) is 0. The van der Waals surface area contributed by atoms with Gasteiger partial charge in [-0.15, -0.1) is 0 Å². The van der Waals surface area contributed by atoms with Crippen LogP contribution in [0, 0.1) is 22.0 Å². The molecule has 1 saturated heterocycles. The molecule has 0 N–H and O–H groups in total. The Balaban J connectivity index is 1.96. The van der Waals surface area contributed by atoms with Crippen LogP contribution in [0.5, 0.6) is 0 Å². The molecule has 2 rings (SSSR count). The quantitative estimate of drug-likeness (QED) is 0.482. The Morgan fingerprint density at radius 2 is 1.95 bits per heavy atom. The van der Waals surface area contributed by atoms with Gasteiger partial charge in [0.15, 0.2) is 5.78 Å². The Bertz CT molecular complexity index is 498. The molecule has 0 saturated carbocycles. The molecular formula is C15H20N2O3. The van der Waals surface area contributed by atoms with Crippen LogP contribution in [0.15, 0.2) is 24.3 Å². The van der Waals surface area contributed by atoms with Gasteiger partial charge >= 0.3 is 0 Å². The predicted octanol–water partition coefficient (Wildman–Crippen LogP) is 2.76. The largest absolute Gasteiger partial charge is 0.296 e. The van der Waals surface area contributed by atoms with Crippen molar-refractivity contribution in [2.45, 2.75) is 20.3 Å². The Hall–Kier alpha value is -1.75. The van der Waals surface area contributed by atoms with E-state index >= 15 is 0 Å². The molecule has 0 radical (unpaired) electrons. The number of carbonyl (C=O) groups excluding carboxylic acids is 1. The highest BCUT2D eigenvalue weighted by atomic mass is 16.6. The molecule has 1 aliphatic rings. The van der Waals surface area contributed by atoms with Crippen molar-refractivity contribution in [2.24, 2.45) is 11.8 Å². The highest BCUT2D eigenvalue weighted by Gasteiger charge is 2.24. The van der Waals surface area contributed by atoms with Gasteiger partial charge in [0.05, 0.1) is 11.5 Å². The number of carbonyl (C=O) groups is 1. The molecule has 1 aromatic carbocycles. The maximum atomic E-state index is 12.2. The summed E-state index contributed by atoms with van der Waals surface area (Å²) in [5.41, 5.74) is 0.559. The van der Waals surface area contributed by atoms with Crippen LogP contribution in [-0.4, -0.2) is 35.2 Å². The second kappa shape index (κ2) is 6.13. The van der Waals surface area contributed by atoms with E-state index in [9.17, 15) is 14.9 Å². The highest BCUT2D eigenvalue weighted by molar-refractivity contribution is 5.97. The van der Waals surface area contributed by atoms with E-state index in [4.69, 9.17) is 0 Å². The molecule has 5 heteroatoms. The number of nitro benzene ring substituents is 1. The molecular weight excluding hydrogens is 256 g/mol. The first-order valence-electron chi connectivity index (χ1n) is 6.97. The minimum atomic E-state index is -0.456. The highest BCUT2D eigenvalue weighted by Crippen LogP contribution is 2.22. The number of likely N-dealkylation sites (tertiary alicyclic amines) is 1. The fourth-order valence-corrected chi connectivity index (χ4v) is 2.56. The fourth-order valence-electron chi connectivity index (χ4n) is 2.56. The SMILES string of the molecule is CC1CCN(CC(=O)c2ccc([N+](=O)[O-])cc2)CC1C. The monoisotopic (exact) mass is 276 g/mol. The lowest BCUT2D eigenvalue weighted by molar-refractivity contribution is -0.384. The van der Waals surface area contributed by atoms with Crippen molar-refractivity contribution in [1.82, 2.24) is 4.90 Å². The standard InChI is InChI=1S/C15H20N2O3/c1-11-7-8-16(9-12(11)2)10-15(18)13-3-5-14(6-4-13)17(19)20/h3-6,11-12H,7-10H2,1-2H3. The van der Waals surface area contributed by atoms with Gasteiger partial charge in [0.25, 0.3) is 5.69 Å². The van der Waals surface area contributed by atoms with Gasteiger partial charge in [0.1, 0.15) is 0 Å². The minimum Gasteiger partial charge on any atom is -0.296 e. The van der Waals surface area contributed by atoms with Gasteiger partial charge < -0.3 is 0 Å². The topological polar surface area (TPSA) is 63.5 Å². The van der Waals surface area contributed by atoms with Crippen LogP contribution >= 0.6 is 0 Å². The van der Waals surface area contributed by atoms with Crippen LogP contribution in [-0.2, 0) is 0 Å². The molecule has 1 heterocycles. The normalized spacial score (nSPS) is 23.5. The van der Waals surface area contributed by atoms with E-state index < -0.39 is 4.92 Å². The van der Waals surface area contributed by atoms with Crippen molar-refractivity contribution >= 4 is 11.5 Å². The summed E-state index contributed by atoms with van der Waals surface area (Å²) >= 11 is 0. The number of non-ortho nitro benzene ring substituents is 1. The summed E-state index contributed by atoms with van der Waals surface area (Å²) < 4.78 is 0. The smallest absolute Gasteiger partial charge is 0.269 e. The van der Waals surface area contributed by atoms with Crippen molar-refractivity contribution < 1.29 is 9.72 Å². The zero-order valence-corrected chi connectivity index (χ0v) is 11.9. The van der Waals surface area contributed by atoms with Crippen molar-refractivity contribution in [1.29, 1.82) is 0 Å². The minimum absolute atomic E-state index is 0.0157. The van der Waals surface area contributed by atoms with E-state index in [1.165, 1.54) is 24.3 Å². The third kappa shape index (κ3) is 3.42. The van der Waals surface area contributed by atoms with E-state index in [1.54, 1.807) is 0 Å². The summed E-state index contributed by atoms with van der Waals surface area (Å²) in [6, 6.07) is 5.84. The molecule has 1 aromatic rings. The number of benzene rings is 1. The molecule has 20 heavy (non-hydrogen) atoms. The molecule has 0 bridgehead atoms. The number of nitro groups is 1.